The summed E-state index contributed by atoms with van der Waals surface area (Å²) in [6.45, 7) is 0.464. The third kappa shape index (κ3) is 2.81. The average molecular weight is 302 g/mol. The minimum Gasteiger partial charge on any atom is -0.453 e. The molecule has 1 aliphatic heterocycles. The van der Waals surface area contributed by atoms with E-state index < -0.39 is 0 Å². The number of rotatable bonds is 3. The van der Waals surface area contributed by atoms with Crippen molar-refractivity contribution in [3.05, 3.63) is 84.4 Å². The van der Waals surface area contributed by atoms with Crippen molar-refractivity contribution in [2.45, 2.75) is 0 Å². The molecule has 0 amide bonds. The Morgan fingerprint density at radius 1 is 0.783 bits per heavy atom. The maximum Gasteiger partial charge on any atom is 0.292 e. The molecule has 0 radical (unpaired) electrons. The van der Waals surface area contributed by atoms with Crippen molar-refractivity contribution in [1.29, 1.82) is 0 Å². The van der Waals surface area contributed by atoms with Crippen LogP contribution in [0.3, 0.4) is 0 Å². The fraction of sp³-hybridized carbons (Fsp3) is 0.0500. The Kier molecular flexibility index (Phi) is 3.53. The maximum atomic E-state index is 5.96. The van der Waals surface area contributed by atoms with Gasteiger partial charge >= 0.3 is 0 Å². The molecule has 3 nitrogen and oxygen atoms in total. The monoisotopic (exact) mass is 302 g/mol. The van der Waals surface area contributed by atoms with E-state index in [0.29, 0.717) is 6.73 Å². The Hall–Kier alpha value is -3.07. The molecule has 23 heavy (non-hydrogen) atoms. The summed E-state index contributed by atoms with van der Waals surface area (Å²) in [5.41, 5.74) is 2.11. The van der Waals surface area contributed by atoms with Crippen molar-refractivity contribution < 1.29 is 14.0 Å². The van der Waals surface area contributed by atoms with Crippen LogP contribution in [0.1, 0.15) is 5.56 Å². The van der Waals surface area contributed by atoms with Crippen molar-refractivity contribution in [3.63, 3.8) is 0 Å². The zero-order chi connectivity index (χ0) is 15.5. The van der Waals surface area contributed by atoms with E-state index in [9.17, 15) is 0 Å². The van der Waals surface area contributed by atoms with Crippen molar-refractivity contribution in [3.8, 4) is 17.2 Å². The van der Waals surface area contributed by atoms with E-state index in [2.05, 4.69) is 22.9 Å². The van der Waals surface area contributed by atoms with Crippen LogP contribution in [0.5, 0.6) is 17.2 Å². The SMILES string of the molecule is C1=[N+](c2ccccc2)COc2c1cccc2Oc1ccccc1. The molecule has 0 spiro atoms. The average Bonchev–Trinajstić information content (AvgIpc) is 2.63. The molecule has 0 aromatic heterocycles. The van der Waals surface area contributed by atoms with Crippen LogP contribution in [0.25, 0.3) is 0 Å². The standard InChI is InChI=1S/C20H16NO2/c1-3-9-17(10-4-1)21-14-16-8-7-13-19(20(16)22-15-21)23-18-11-5-2-6-12-18/h1-14H,15H2/q+1. The summed E-state index contributed by atoms with van der Waals surface area (Å²) >= 11 is 0. The van der Waals surface area contributed by atoms with Crippen LogP contribution >= 0.6 is 0 Å². The molecule has 0 unspecified atom stereocenters. The van der Waals surface area contributed by atoms with Crippen LogP contribution in [0.2, 0.25) is 0 Å². The van der Waals surface area contributed by atoms with Crippen molar-refractivity contribution in [2.75, 3.05) is 6.73 Å². The first-order valence-corrected chi connectivity index (χ1v) is 7.55. The van der Waals surface area contributed by atoms with E-state index in [1.54, 1.807) is 0 Å². The molecule has 0 N–H and O–H groups in total. The van der Waals surface area contributed by atoms with Crippen molar-refractivity contribution >= 4 is 11.9 Å². The first-order chi connectivity index (χ1) is 11.4. The molecule has 0 aliphatic carbocycles. The van der Waals surface area contributed by atoms with Crippen molar-refractivity contribution in [1.82, 2.24) is 0 Å². The van der Waals surface area contributed by atoms with E-state index in [1.165, 1.54) is 0 Å². The largest absolute Gasteiger partial charge is 0.453 e. The van der Waals surface area contributed by atoms with Crippen LogP contribution in [0, 0.1) is 0 Å². The summed E-state index contributed by atoms with van der Waals surface area (Å²) in [5, 5.41) is 0. The molecule has 0 saturated carbocycles. The van der Waals surface area contributed by atoms with E-state index >= 15 is 0 Å². The third-order valence-electron chi connectivity index (χ3n) is 3.71. The van der Waals surface area contributed by atoms with Gasteiger partial charge < -0.3 is 9.47 Å². The molecule has 1 heterocycles. The fourth-order valence-electron chi connectivity index (χ4n) is 2.59. The molecular weight excluding hydrogens is 286 g/mol. The lowest BCUT2D eigenvalue weighted by molar-refractivity contribution is -0.476. The molecule has 3 heteroatoms. The summed E-state index contributed by atoms with van der Waals surface area (Å²) in [5.74, 6) is 2.32. The highest BCUT2D eigenvalue weighted by atomic mass is 16.5. The van der Waals surface area contributed by atoms with E-state index in [1.807, 2.05) is 66.7 Å². The number of ether oxygens (including phenoxy) is 2. The highest BCUT2D eigenvalue weighted by Crippen LogP contribution is 2.35. The van der Waals surface area contributed by atoms with E-state index in [0.717, 1.165) is 28.5 Å². The van der Waals surface area contributed by atoms with Crippen LogP contribution in [0.4, 0.5) is 5.69 Å². The molecule has 1 aliphatic rings. The van der Waals surface area contributed by atoms with Crippen LogP contribution in [-0.4, -0.2) is 17.5 Å². The van der Waals surface area contributed by atoms with E-state index in [4.69, 9.17) is 9.47 Å². The third-order valence-corrected chi connectivity index (χ3v) is 3.71. The van der Waals surface area contributed by atoms with Gasteiger partial charge in [0.05, 0.1) is 5.56 Å². The molecule has 0 atom stereocenters. The molecule has 0 bridgehead atoms. The molecule has 3 aromatic rings. The zero-order valence-corrected chi connectivity index (χ0v) is 12.6. The van der Waals surface area contributed by atoms with Gasteiger partial charge in [-0.2, -0.15) is 4.58 Å². The lowest BCUT2D eigenvalue weighted by Gasteiger charge is -2.17. The first-order valence-electron chi connectivity index (χ1n) is 7.55. The minimum atomic E-state index is 0.464. The highest BCUT2D eigenvalue weighted by Gasteiger charge is 2.22. The Labute approximate surface area is 135 Å². The maximum absolute atomic E-state index is 5.96. The van der Waals surface area contributed by atoms with Gasteiger partial charge in [0.25, 0.3) is 6.73 Å². The Morgan fingerprint density at radius 3 is 2.30 bits per heavy atom. The van der Waals surface area contributed by atoms with Gasteiger partial charge in [-0.25, -0.2) is 0 Å². The first kappa shape index (κ1) is 13.6. The second-order valence-electron chi connectivity index (χ2n) is 5.30. The summed E-state index contributed by atoms with van der Waals surface area (Å²) in [4.78, 5) is 0. The summed E-state index contributed by atoms with van der Waals surface area (Å²) in [6, 6.07) is 25.9. The Bertz CT molecular complexity index is 842. The van der Waals surface area contributed by atoms with E-state index in [-0.39, 0.29) is 0 Å². The fourth-order valence-corrected chi connectivity index (χ4v) is 2.59. The van der Waals surface area contributed by atoms with Gasteiger partial charge in [-0.1, -0.05) is 42.5 Å². The normalized spacial score (nSPS) is 12.8. The Morgan fingerprint density at radius 2 is 1.52 bits per heavy atom. The molecule has 4 rings (SSSR count). The molecule has 0 saturated heterocycles. The minimum absolute atomic E-state index is 0.464. The molecule has 3 aromatic carbocycles. The lowest BCUT2D eigenvalue weighted by atomic mass is 10.2. The number of fused-ring (bicyclic) bond motifs is 1. The number of benzene rings is 3. The highest BCUT2D eigenvalue weighted by molar-refractivity contribution is 5.83. The van der Waals surface area contributed by atoms with Gasteiger partial charge in [-0.3, -0.25) is 0 Å². The molecule has 0 fully saturated rings. The zero-order valence-electron chi connectivity index (χ0n) is 12.6. The number of para-hydroxylation sites is 3. The van der Waals surface area contributed by atoms with Crippen molar-refractivity contribution in [2.24, 2.45) is 0 Å². The van der Waals surface area contributed by atoms with Gasteiger partial charge in [0, 0.05) is 12.1 Å². The number of nitrogens with zero attached hydrogens (tertiary/aromatic N) is 1. The molecule has 112 valence electrons. The topological polar surface area (TPSA) is 21.5 Å². The van der Waals surface area contributed by atoms with Gasteiger partial charge in [-0.05, 0) is 24.3 Å². The summed E-state index contributed by atoms with van der Waals surface area (Å²) in [7, 11) is 0. The second kappa shape index (κ2) is 5.97. The second-order valence-corrected chi connectivity index (χ2v) is 5.30. The van der Waals surface area contributed by atoms with Gasteiger partial charge in [0.2, 0.25) is 5.69 Å². The smallest absolute Gasteiger partial charge is 0.292 e. The number of hydrogen-bond donors (Lipinski definition) is 0. The van der Waals surface area contributed by atoms with Gasteiger partial charge in [0.15, 0.2) is 17.7 Å². The predicted molar refractivity (Wildman–Crippen MR) is 90.0 cm³/mol. The Balaban J connectivity index is 1.69. The molecular formula is C20H16NO2+. The predicted octanol–water partition coefficient (Wildman–Crippen LogP) is 4.59. The summed E-state index contributed by atoms with van der Waals surface area (Å²) < 4.78 is 14.0. The summed E-state index contributed by atoms with van der Waals surface area (Å²) in [6.07, 6.45) is 2.09. The van der Waals surface area contributed by atoms with Crippen LogP contribution < -0.4 is 9.47 Å². The number of hydrogen-bond acceptors (Lipinski definition) is 2. The van der Waals surface area contributed by atoms with Gasteiger partial charge in [-0.15, -0.1) is 0 Å². The lowest BCUT2D eigenvalue weighted by Crippen LogP contribution is -2.20. The van der Waals surface area contributed by atoms with Crippen LogP contribution in [0.15, 0.2) is 78.9 Å². The van der Waals surface area contributed by atoms with Crippen LogP contribution in [-0.2, 0) is 0 Å². The quantitative estimate of drug-likeness (QED) is 0.660. The van der Waals surface area contributed by atoms with Gasteiger partial charge in [0.1, 0.15) is 5.75 Å².